The summed E-state index contributed by atoms with van der Waals surface area (Å²) in [5, 5.41) is 4.23. The number of hydrogen-bond acceptors (Lipinski definition) is 6. The van der Waals surface area contributed by atoms with Crippen molar-refractivity contribution in [3.8, 4) is 5.75 Å². The van der Waals surface area contributed by atoms with Crippen LogP contribution in [0.3, 0.4) is 0 Å². The highest BCUT2D eigenvalue weighted by Gasteiger charge is 2.24. The third-order valence-corrected chi connectivity index (χ3v) is 3.91. The quantitative estimate of drug-likeness (QED) is 0.634. The Morgan fingerprint density at radius 3 is 2.52 bits per heavy atom. The van der Waals surface area contributed by atoms with E-state index in [1.165, 1.54) is 11.5 Å². The summed E-state index contributed by atoms with van der Waals surface area (Å²) in [5.74, 6) is 6.94. The van der Waals surface area contributed by atoms with Gasteiger partial charge in [0.25, 0.3) is 0 Å². The number of ether oxygens (including phenoxy) is 1. The molecule has 0 bridgehead atoms. The van der Waals surface area contributed by atoms with Gasteiger partial charge in [-0.3, -0.25) is 5.84 Å². The molecule has 0 radical (unpaired) electrons. The number of hydrogen-bond donors (Lipinski definition) is 2. The third kappa shape index (κ3) is 3.58. The van der Waals surface area contributed by atoms with Crippen molar-refractivity contribution < 1.29 is 4.74 Å². The molecule has 0 amide bonds. The number of nitrogens with one attached hydrogen (secondary N) is 1. The number of benzene rings is 1. The second-order valence-corrected chi connectivity index (χ2v) is 6.27. The van der Waals surface area contributed by atoms with E-state index in [1.807, 2.05) is 38.1 Å². The fourth-order valence-electron chi connectivity index (χ4n) is 2.19. The first-order valence-corrected chi connectivity index (χ1v) is 7.85. The van der Waals surface area contributed by atoms with Crippen LogP contribution in [0.5, 0.6) is 5.75 Å². The van der Waals surface area contributed by atoms with Crippen LogP contribution < -0.4 is 16.0 Å². The van der Waals surface area contributed by atoms with Crippen LogP contribution in [0.25, 0.3) is 0 Å². The van der Waals surface area contributed by atoms with Gasteiger partial charge in [-0.2, -0.15) is 0 Å². The number of rotatable bonds is 6. The minimum atomic E-state index is -0.169. The van der Waals surface area contributed by atoms with Crippen LogP contribution in [-0.4, -0.2) is 15.7 Å². The number of nitrogens with zero attached hydrogens (tertiary/aromatic N) is 2. The van der Waals surface area contributed by atoms with Gasteiger partial charge < -0.3 is 4.74 Å². The Bertz CT molecular complexity index is 583. The lowest BCUT2D eigenvalue weighted by molar-refractivity contribution is 0.238. The van der Waals surface area contributed by atoms with Gasteiger partial charge in [0.05, 0.1) is 22.7 Å². The Kier molecular flexibility index (Phi) is 5.27. The topological polar surface area (TPSA) is 73.1 Å². The van der Waals surface area contributed by atoms with E-state index < -0.39 is 0 Å². The molecule has 3 N–H and O–H groups in total. The van der Waals surface area contributed by atoms with Gasteiger partial charge >= 0.3 is 0 Å². The second-order valence-electron chi connectivity index (χ2n) is 5.48. The lowest BCUT2D eigenvalue weighted by atomic mass is 10.00. The molecule has 0 fully saturated rings. The first kappa shape index (κ1) is 15.9. The van der Waals surface area contributed by atoms with E-state index in [0.717, 1.165) is 21.9 Å². The highest BCUT2D eigenvalue weighted by Crippen LogP contribution is 2.35. The van der Waals surface area contributed by atoms with Crippen molar-refractivity contribution in [1.29, 1.82) is 0 Å². The number of aromatic nitrogens is 2. The highest BCUT2D eigenvalue weighted by atomic mass is 32.1. The summed E-state index contributed by atoms with van der Waals surface area (Å²) < 4.78 is 9.98. The number of hydrazine groups is 1. The molecule has 0 spiro atoms. The first-order chi connectivity index (χ1) is 10.0. The van der Waals surface area contributed by atoms with Crippen LogP contribution in [0.4, 0.5) is 0 Å². The van der Waals surface area contributed by atoms with Gasteiger partial charge in [-0.1, -0.05) is 36.5 Å². The van der Waals surface area contributed by atoms with Crippen molar-refractivity contribution in [3.63, 3.8) is 0 Å². The molecule has 0 saturated carbocycles. The second kappa shape index (κ2) is 6.98. The Morgan fingerprint density at radius 2 is 1.90 bits per heavy atom. The van der Waals surface area contributed by atoms with E-state index in [2.05, 4.69) is 28.9 Å². The Hall–Kier alpha value is -1.50. The van der Waals surface area contributed by atoms with Crippen molar-refractivity contribution in [2.75, 3.05) is 0 Å². The molecule has 21 heavy (non-hydrogen) atoms. The summed E-state index contributed by atoms with van der Waals surface area (Å²) in [6, 6.07) is 7.76. The smallest absolute Gasteiger partial charge is 0.124 e. The summed E-state index contributed by atoms with van der Waals surface area (Å²) in [5.41, 5.74) is 4.86. The van der Waals surface area contributed by atoms with E-state index in [-0.39, 0.29) is 12.1 Å². The Labute approximate surface area is 129 Å². The maximum absolute atomic E-state index is 5.89. The molecular weight excluding hydrogens is 284 g/mol. The van der Waals surface area contributed by atoms with E-state index in [0.29, 0.717) is 5.92 Å². The zero-order chi connectivity index (χ0) is 15.4. The molecule has 5 nitrogen and oxygen atoms in total. The van der Waals surface area contributed by atoms with Gasteiger partial charge in [0.1, 0.15) is 5.75 Å². The van der Waals surface area contributed by atoms with Crippen LogP contribution in [0.15, 0.2) is 24.3 Å². The molecular formula is C15H22N4OS. The molecule has 1 aromatic heterocycles. The number of para-hydroxylation sites is 1. The zero-order valence-electron chi connectivity index (χ0n) is 12.8. The minimum absolute atomic E-state index is 0.105. The van der Waals surface area contributed by atoms with Crippen molar-refractivity contribution in [1.82, 2.24) is 15.0 Å². The summed E-state index contributed by atoms with van der Waals surface area (Å²) >= 11 is 1.37. The van der Waals surface area contributed by atoms with Gasteiger partial charge in [0.2, 0.25) is 0 Å². The average molecular weight is 306 g/mol. The predicted octanol–water partition coefficient (Wildman–Crippen LogP) is 3.00. The van der Waals surface area contributed by atoms with E-state index >= 15 is 0 Å². The Balaban J connectivity index is 2.44. The maximum Gasteiger partial charge on any atom is 0.124 e. The third-order valence-electron chi connectivity index (χ3n) is 3.11. The van der Waals surface area contributed by atoms with Crippen LogP contribution >= 0.6 is 11.5 Å². The molecule has 2 rings (SSSR count). The molecule has 1 atom stereocenters. The molecule has 1 aromatic carbocycles. The highest BCUT2D eigenvalue weighted by molar-refractivity contribution is 7.05. The molecule has 6 heteroatoms. The molecule has 0 saturated heterocycles. The van der Waals surface area contributed by atoms with E-state index in [4.69, 9.17) is 10.6 Å². The average Bonchev–Trinajstić information content (AvgIpc) is 2.90. The summed E-state index contributed by atoms with van der Waals surface area (Å²) in [7, 11) is 0. The standard InChI is InChI=1S/C15H22N4OS/c1-9(2)13-15(21-19-18-13)14(17-16)11-7-5-6-8-12(11)20-10(3)4/h5-10,14,17H,16H2,1-4H3. The summed E-state index contributed by atoms with van der Waals surface area (Å²) in [6.07, 6.45) is 0.105. The SMILES string of the molecule is CC(C)Oc1ccccc1C(NN)c1snnc1C(C)C. The van der Waals surface area contributed by atoms with Crippen LogP contribution in [0.2, 0.25) is 0 Å². The predicted molar refractivity (Wildman–Crippen MR) is 85.4 cm³/mol. The minimum Gasteiger partial charge on any atom is -0.491 e. The van der Waals surface area contributed by atoms with Crippen LogP contribution in [0, 0.1) is 0 Å². The van der Waals surface area contributed by atoms with E-state index in [1.54, 1.807) is 0 Å². The van der Waals surface area contributed by atoms with Crippen LogP contribution in [0.1, 0.15) is 55.8 Å². The fraction of sp³-hybridized carbons (Fsp3) is 0.467. The van der Waals surface area contributed by atoms with Crippen molar-refractivity contribution in [2.45, 2.75) is 45.8 Å². The van der Waals surface area contributed by atoms with Crippen molar-refractivity contribution in [2.24, 2.45) is 5.84 Å². The molecule has 1 unspecified atom stereocenters. The van der Waals surface area contributed by atoms with Crippen LogP contribution in [-0.2, 0) is 0 Å². The summed E-state index contributed by atoms with van der Waals surface area (Å²) in [4.78, 5) is 1.03. The molecule has 2 aromatic rings. The first-order valence-electron chi connectivity index (χ1n) is 7.08. The van der Waals surface area contributed by atoms with Gasteiger partial charge in [-0.25, -0.2) is 5.43 Å². The zero-order valence-corrected chi connectivity index (χ0v) is 13.6. The van der Waals surface area contributed by atoms with E-state index in [9.17, 15) is 0 Å². The molecule has 0 aliphatic rings. The van der Waals surface area contributed by atoms with Gasteiger partial charge in [0.15, 0.2) is 0 Å². The van der Waals surface area contributed by atoms with Gasteiger partial charge in [-0.05, 0) is 37.4 Å². The monoisotopic (exact) mass is 306 g/mol. The lowest BCUT2D eigenvalue weighted by Gasteiger charge is -2.21. The number of nitrogens with two attached hydrogens (primary N) is 1. The molecule has 1 heterocycles. The summed E-state index contributed by atoms with van der Waals surface area (Å²) in [6.45, 7) is 8.22. The molecule has 0 aliphatic carbocycles. The van der Waals surface area contributed by atoms with Gasteiger partial charge in [0, 0.05) is 5.56 Å². The van der Waals surface area contributed by atoms with Gasteiger partial charge in [-0.15, -0.1) is 5.10 Å². The van der Waals surface area contributed by atoms with Crippen molar-refractivity contribution in [3.05, 3.63) is 40.4 Å². The Morgan fingerprint density at radius 1 is 1.19 bits per heavy atom. The van der Waals surface area contributed by atoms with Crippen molar-refractivity contribution >= 4 is 11.5 Å². The molecule has 0 aliphatic heterocycles. The largest absolute Gasteiger partial charge is 0.491 e. The lowest BCUT2D eigenvalue weighted by Crippen LogP contribution is -2.29. The fourth-order valence-corrected chi connectivity index (χ4v) is 3.08. The molecule has 114 valence electrons. The normalized spacial score (nSPS) is 12.9. The maximum atomic E-state index is 5.89.